The van der Waals surface area contributed by atoms with Crippen molar-refractivity contribution in [2.24, 2.45) is 0 Å². The van der Waals surface area contributed by atoms with Crippen LogP contribution in [0.1, 0.15) is 22.8 Å². The first-order valence-electron chi connectivity index (χ1n) is 14.0. The summed E-state index contributed by atoms with van der Waals surface area (Å²) in [5.74, 6) is 1.20. The maximum Gasteiger partial charge on any atom is 0.297 e. The molecule has 0 aliphatic carbocycles. The van der Waals surface area contributed by atoms with Gasteiger partial charge in [-0.1, -0.05) is 17.7 Å². The van der Waals surface area contributed by atoms with Gasteiger partial charge in [-0.3, -0.25) is 8.98 Å². The first-order valence-corrected chi connectivity index (χ1v) is 15.4. The second-order valence-corrected chi connectivity index (χ2v) is 12.3. The van der Waals surface area contributed by atoms with E-state index in [1.54, 1.807) is 30.5 Å². The number of nitrogens with one attached hydrogen (secondary N) is 1. The average molecular weight is 620 g/mol. The molecule has 1 aromatic carbocycles. The number of benzene rings is 1. The molecule has 1 amide bonds. The van der Waals surface area contributed by atoms with Crippen LogP contribution in [0.2, 0.25) is 0 Å². The molecule has 13 nitrogen and oxygen atoms in total. The molecule has 1 atom stereocenters. The maximum atomic E-state index is 13.2. The lowest BCUT2D eigenvalue weighted by molar-refractivity contribution is 0.102. The fourth-order valence-corrected chi connectivity index (χ4v) is 6.05. The number of piperazine rings is 1. The Balaban J connectivity index is 0.986. The van der Waals surface area contributed by atoms with Gasteiger partial charge in [0.15, 0.2) is 11.6 Å². The fourth-order valence-electron chi connectivity index (χ4n) is 4.99. The van der Waals surface area contributed by atoms with E-state index in [0.29, 0.717) is 61.7 Å². The van der Waals surface area contributed by atoms with E-state index in [2.05, 4.69) is 35.1 Å². The molecule has 5 heterocycles. The normalized spacial score (nSPS) is 17.3. The summed E-state index contributed by atoms with van der Waals surface area (Å²) in [6.45, 7) is 6.56. The summed E-state index contributed by atoms with van der Waals surface area (Å²) >= 11 is 0. The summed E-state index contributed by atoms with van der Waals surface area (Å²) in [5.41, 5.74) is 1.30. The molecule has 4 aromatic rings. The van der Waals surface area contributed by atoms with Crippen LogP contribution in [0.4, 0.5) is 27.8 Å². The van der Waals surface area contributed by atoms with Gasteiger partial charge < -0.3 is 20.0 Å². The van der Waals surface area contributed by atoms with Crippen LogP contribution in [0.15, 0.2) is 72.3 Å². The second-order valence-electron chi connectivity index (χ2n) is 10.7. The highest BCUT2D eigenvalue weighted by Gasteiger charge is 2.33. The van der Waals surface area contributed by atoms with Gasteiger partial charge in [0.25, 0.3) is 16.0 Å². The molecule has 1 N–H and O–H groups in total. The van der Waals surface area contributed by atoms with Gasteiger partial charge in [0.2, 0.25) is 5.95 Å². The van der Waals surface area contributed by atoms with E-state index in [1.165, 1.54) is 24.5 Å². The summed E-state index contributed by atoms with van der Waals surface area (Å²) in [7, 11) is -3.85. The van der Waals surface area contributed by atoms with Crippen molar-refractivity contribution in [3.63, 3.8) is 0 Å². The van der Waals surface area contributed by atoms with Gasteiger partial charge in [-0.05, 0) is 38.1 Å². The summed E-state index contributed by atoms with van der Waals surface area (Å²) < 4.78 is 43.6. The number of rotatable bonds is 8. The van der Waals surface area contributed by atoms with Crippen molar-refractivity contribution < 1.29 is 21.8 Å². The number of carbonyl (C=O) groups is 1. The summed E-state index contributed by atoms with van der Waals surface area (Å²) in [5, 5.41) is 2.73. The third kappa shape index (κ3) is 6.43. The predicted molar refractivity (Wildman–Crippen MR) is 161 cm³/mol. The van der Waals surface area contributed by atoms with Gasteiger partial charge in [0.1, 0.15) is 17.7 Å². The Kier molecular flexibility index (Phi) is 8.05. The number of pyridine rings is 1. The Bertz CT molecular complexity index is 1720. The average Bonchev–Trinajstić information content (AvgIpc) is 3.00. The standard InChI is InChI=1S/C29H30FN9O4S/c1-19-3-6-24(7-4-19)44(41,42)43-23-17-38(18-23)26-8-5-21(11-32-26)28(40)36-25-14-33-27(15-31-25)37-9-10-39(20(2)16-37)29-34-12-22(30)13-35-29/h3-8,11-15,20,23H,9-10,16-18H2,1-2H3,(H,31,36,40)/t20-/m0/s1. The van der Waals surface area contributed by atoms with Crippen LogP contribution in [0.25, 0.3) is 0 Å². The van der Waals surface area contributed by atoms with Crippen LogP contribution in [-0.2, 0) is 14.3 Å². The molecule has 228 valence electrons. The molecule has 2 saturated heterocycles. The van der Waals surface area contributed by atoms with E-state index in [0.717, 1.165) is 18.0 Å². The maximum absolute atomic E-state index is 13.2. The fraction of sp³-hybridized carbons (Fsp3) is 0.310. The quantitative estimate of drug-likeness (QED) is 0.289. The van der Waals surface area contributed by atoms with Crippen LogP contribution < -0.4 is 20.0 Å². The second kappa shape index (κ2) is 12.1. The molecular formula is C29H30FN9O4S. The van der Waals surface area contributed by atoms with Crippen molar-refractivity contribution in [1.29, 1.82) is 0 Å². The predicted octanol–water partition coefficient (Wildman–Crippen LogP) is 2.67. The minimum absolute atomic E-state index is 0.0623. The number of hydrogen-bond acceptors (Lipinski definition) is 12. The van der Waals surface area contributed by atoms with Crippen LogP contribution >= 0.6 is 0 Å². The minimum atomic E-state index is -3.85. The van der Waals surface area contributed by atoms with Gasteiger partial charge >= 0.3 is 0 Å². The molecule has 0 unspecified atom stereocenters. The number of amides is 1. The van der Waals surface area contributed by atoms with E-state index in [-0.39, 0.29) is 16.8 Å². The highest BCUT2D eigenvalue weighted by molar-refractivity contribution is 7.86. The smallest absolute Gasteiger partial charge is 0.297 e. The summed E-state index contributed by atoms with van der Waals surface area (Å²) in [4.78, 5) is 40.2. The number of halogens is 1. The van der Waals surface area contributed by atoms with E-state index >= 15 is 0 Å². The molecule has 2 aliphatic rings. The highest BCUT2D eigenvalue weighted by Crippen LogP contribution is 2.25. The Morgan fingerprint density at radius 3 is 2.23 bits per heavy atom. The summed E-state index contributed by atoms with van der Waals surface area (Å²) in [6.07, 6.45) is 6.39. The summed E-state index contributed by atoms with van der Waals surface area (Å²) in [6, 6.07) is 9.92. The molecule has 0 saturated carbocycles. The van der Waals surface area contributed by atoms with Crippen molar-refractivity contribution in [3.8, 4) is 0 Å². The Labute approximate surface area is 253 Å². The van der Waals surface area contributed by atoms with E-state index < -0.39 is 22.0 Å². The highest BCUT2D eigenvalue weighted by atomic mass is 32.2. The van der Waals surface area contributed by atoms with Crippen molar-refractivity contribution in [2.75, 3.05) is 52.7 Å². The zero-order valence-corrected chi connectivity index (χ0v) is 24.9. The van der Waals surface area contributed by atoms with Gasteiger partial charge in [0.05, 0.1) is 35.2 Å². The van der Waals surface area contributed by atoms with Gasteiger partial charge in [0, 0.05) is 45.0 Å². The number of nitrogens with zero attached hydrogens (tertiary/aromatic N) is 8. The number of aryl methyl sites for hydroxylation is 1. The molecular weight excluding hydrogens is 589 g/mol. The molecule has 2 fully saturated rings. The van der Waals surface area contributed by atoms with Crippen LogP contribution in [0.5, 0.6) is 0 Å². The van der Waals surface area contributed by atoms with Crippen molar-refractivity contribution in [2.45, 2.75) is 30.9 Å². The Hall–Kier alpha value is -4.76. The largest absolute Gasteiger partial charge is 0.352 e. The van der Waals surface area contributed by atoms with Gasteiger partial charge in [-0.2, -0.15) is 8.42 Å². The first kappa shape index (κ1) is 29.3. The SMILES string of the molecule is Cc1ccc(S(=O)(=O)OC2CN(c3ccc(C(=O)Nc4cnc(N5CCN(c6ncc(F)cn6)[C@@H](C)C5)cn4)cn3)C2)cc1. The third-order valence-electron chi connectivity index (χ3n) is 7.45. The van der Waals surface area contributed by atoms with Gasteiger partial charge in [-0.25, -0.2) is 29.3 Å². The monoisotopic (exact) mass is 619 g/mol. The Morgan fingerprint density at radius 1 is 0.864 bits per heavy atom. The topological polar surface area (TPSA) is 147 Å². The van der Waals surface area contributed by atoms with E-state index in [9.17, 15) is 17.6 Å². The lowest BCUT2D eigenvalue weighted by atomic mass is 10.1. The zero-order valence-electron chi connectivity index (χ0n) is 24.0. The third-order valence-corrected chi connectivity index (χ3v) is 8.82. The lowest BCUT2D eigenvalue weighted by Gasteiger charge is -2.40. The zero-order chi connectivity index (χ0) is 30.8. The first-order chi connectivity index (χ1) is 21.1. The van der Waals surface area contributed by atoms with Gasteiger partial charge in [-0.15, -0.1) is 0 Å². The number of carbonyl (C=O) groups excluding carboxylic acids is 1. The van der Waals surface area contributed by atoms with Crippen molar-refractivity contribution in [3.05, 3.63) is 84.3 Å². The molecule has 0 radical (unpaired) electrons. The van der Waals surface area contributed by atoms with Crippen molar-refractivity contribution >= 4 is 39.4 Å². The van der Waals surface area contributed by atoms with E-state index in [4.69, 9.17) is 4.18 Å². The molecule has 2 aliphatic heterocycles. The van der Waals surface area contributed by atoms with Crippen LogP contribution in [0, 0.1) is 12.7 Å². The molecule has 15 heteroatoms. The molecule has 6 rings (SSSR count). The molecule has 3 aromatic heterocycles. The van der Waals surface area contributed by atoms with E-state index in [1.807, 2.05) is 23.6 Å². The van der Waals surface area contributed by atoms with Crippen molar-refractivity contribution in [1.82, 2.24) is 24.9 Å². The Morgan fingerprint density at radius 2 is 1.59 bits per heavy atom. The van der Waals surface area contributed by atoms with Crippen LogP contribution in [0.3, 0.4) is 0 Å². The molecule has 0 bridgehead atoms. The minimum Gasteiger partial charge on any atom is -0.352 e. The molecule has 0 spiro atoms. The van der Waals surface area contributed by atoms with Crippen LogP contribution in [-0.4, -0.2) is 84.1 Å². The lowest BCUT2D eigenvalue weighted by Crippen LogP contribution is -2.53. The number of hydrogen-bond donors (Lipinski definition) is 1. The number of anilines is 4. The number of aromatic nitrogens is 5. The molecule has 44 heavy (non-hydrogen) atoms.